The van der Waals surface area contributed by atoms with Crippen LogP contribution >= 0.6 is 11.8 Å². The number of imide groups is 1. The lowest BCUT2D eigenvalue weighted by molar-refractivity contribution is -0.117. The van der Waals surface area contributed by atoms with Gasteiger partial charge in [-0.25, -0.2) is 9.18 Å². The molecular weight excluding hydrogens is 373 g/mol. The summed E-state index contributed by atoms with van der Waals surface area (Å²) in [6, 6.07) is 5.87. The smallest absolute Gasteiger partial charge is 0.413 e. The number of amides is 2. The lowest BCUT2D eigenvalue weighted by Crippen LogP contribution is -2.32. The number of halogens is 1. The number of carbonyl (C=O) groups is 2. The van der Waals surface area contributed by atoms with Gasteiger partial charge in [0.1, 0.15) is 5.82 Å². The molecule has 1 aromatic heterocycles. The molecule has 1 N–H and O–H groups in total. The third kappa shape index (κ3) is 5.51. The van der Waals surface area contributed by atoms with Crippen LogP contribution in [0.2, 0.25) is 0 Å². The van der Waals surface area contributed by atoms with Crippen LogP contribution < -0.4 is 5.32 Å². The highest BCUT2D eigenvalue weighted by Crippen LogP contribution is 2.26. The highest BCUT2D eigenvalue weighted by atomic mass is 32.2. The van der Waals surface area contributed by atoms with Crippen LogP contribution in [0.3, 0.4) is 0 Å². The predicted molar refractivity (Wildman–Crippen MR) is 99.3 cm³/mol. The molecule has 0 spiro atoms. The molecule has 0 aliphatic rings. The Bertz CT molecular complexity index is 794. The van der Waals surface area contributed by atoms with Crippen molar-refractivity contribution in [3.63, 3.8) is 0 Å². The molecule has 2 aromatic rings. The first-order valence-electron chi connectivity index (χ1n) is 8.30. The fourth-order valence-electron chi connectivity index (χ4n) is 2.16. The Kier molecular flexibility index (Phi) is 7.31. The highest BCUT2D eigenvalue weighted by molar-refractivity contribution is 7.99. The number of aromatic nitrogens is 3. The van der Waals surface area contributed by atoms with E-state index in [4.69, 9.17) is 0 Å². The molecule has 1 atom stereocenters. The minimum absolute atomic E-state index is 0.0471. The topological polar surface area (TPSA) is 89.3 Å². The molecule has 10 heteroatoms. The van der Waals surface area contributed by atoms with E-state index in [1.54, 1.807) is 23.6 Å². The molecule has 0 bridgehead atoms. The number of carbonyl (C=O) groups excluding carboxylic acids is 2. The molecule has 0 radical (unpaired) electrons. The zero-order valence-electron chi connectivity index (χ0n) is 15.6. The van der Waals surface area contributed by atoms with Crippen molar-refractivity contribution < 1.29 is 18.7 Å². The van der Waals surface area contributed by atoms with E-state index in [1.807, 2.05) is 25.9 Å². The lowest BCUT2D eigenvalue weighted by atomic mass is 10.2. The van der Waals surface area contributed by atoms with Crippen LogP contribution in [0.5, 0.6) is 0 Å². The summed E-state index contributed by atoms with van der Waals surface area (Å²) < 4.78 is 19.8. The average Bonchev–Trinajstić information content (AvgIpc) is 3.03. The number of ether oxygens (including phenoxy) is 1. The SMILES string of the molecule is CCOC(=O)NC(=O)CSc1nnc([C@@H](C)N(C)C)n1-c1ccc(F)cc1. The summed E-state index contributed by atoms with van der Waals surface area (Å²) in [4.78, 5) is 25.2. The second-order valence-corrected chi connectivity index (χ2v) is 6.79. The molecule has 0 fully saturated rings. The Morgan fingerprint density at radius 2 is 1.96 bits per heavy atom. The second-order valence-electron chi connectivity index (χ2n) is 5.85. The van der Waals surface area contributed by atoms with Crippen molar-refractivity contribution in [3.8, 4) is 5.69 Å². The first-order chi connectivity index (χ1) is 12.8. The number of alkyl carbamates (subject to hydrolysis) is 1. The highest BCUT2D eigenvalue weighted by Gasteiger charge is 2.22. The van der Waals surface area contributed by atoms with Gasteiger partial charge < -0.3 is 4.74 Å². The minimum Gasteiger partial charge on any atom is -0.450 e. The Hall–Kier alpha value is -2.46. The molecule has 1 heterocycles. The maximum absolute atomic E-state index is 13.3. The van der Waals surface area contributed by atoms with Gasteiger partial charge in [0.25, 0.3) is 0 Å². The molecule has 2 rings (SSSR count). The lowest BCUT2D eigenvalue weighted by Gasteiger charge is -2.20. The van der Waals surface area contributed by atoms with Gasteiger partial charge in [0.15, 0.2) is 11.0 Å². The van der Waals surface area contributed by atoms with Gasteiger partial charge in [-0.3, -0.25) is 19.6 Å². The number of nitrogens with zero attached hydrogens (tertiary/aromatic N) is 4. The van der Waals surface area contributed by atoms with E-state index < -0.39 is 12.0 Å². The number of rotatable bonds is 7. The summed E-state index contributed by atoms with van der Waals surface area (Å²) in [5.74, 6) is -0.250. The molecular formula is C17H22FN5O3S. The van der Waals surface area contributed by atoms with Crippen molar-refractivity contribution in [1.29, 1.82) is 0 Å². The van der Waals surface area contributed by atoms with Gasteiger partial charge >= 0.3 is 6.09 Å². The van der Waals surface area contributed by atoms with E-state index in [0.717, 1.165) is 11.8 Å². The van der Waals surface area contributed by atoms with Crippen LogP contribution in [-0.4, -0.2) is 58.1 Å². The van der Waals surface area contributed by atoms with Gasteiger partial charge in [-0.1, -0.05) is 11.8 Å². The Morgan fingerprint density at radius 3 is 2.56 bits per heavy atom. The maximum atomic E-state index is 13.3. The maximum Gasteiger partial charge on any atom is 0.413 e. The van der Waals surface area contributed by atoms with Crippen molar-refractivity contribution >= 4 is 23.8 Å². The van der Waals surface area contributed by atoms with Crippen molar-refractivity contribution in [2.24, 2.45) is 0 Å². The second kappa shape index (κ2) is 9.47. The van der Waals surface area contributed by atoms with Crippen LogP contribution in [0.15, 0.2) is 29.4 Å². The summed E-state index contributed by atoms with van der Waals surface area (Å²) in [6.45, 7) is 3.79. The first kappa shape index (κ1) is 20.8. The molecule has 146 valence electrons. The van der Waals surface area contributed by atoms with Crippen LogP contribution in [0.4, 0.5) is 9.18 Å². The van der Waals surface area contributed by atoms with Crippen LogP contribution in [0, 0.1) is 5.82 Å². The molecule has 2 amide bonds. The van der Waals surface area contributed by atoms with Crippen LogP contribution in [0.25, 0.3) is 5.69 Å². The summed E-state index contributed by atoms with van der Waals surface area (Å²) in [6.07, 6.45) is -0.787. The van der Waals surface area contributed by atoms with Gasteiger partial charge in [0.05, 0.1) is 18.4 Å². The fourth-order valence-corrected chi connectivity index (χ4v) is 2.92. The summed E-state index contributed by atoms with van der Waals surface area (Å²) in [7, 11) is 3.82. The fraction of sp³-hybridized carbons (Fsp3) is 0.412. The van der Waals surface area contributed by atoms with E-state index in [1.165, 1.54) is 12.1 Å². The Morgan fingerprint density at radius 1 is 1.30 bits per heavy atom. The number of hydrogen-bond donors (Lipinski definition) is 1. The van der Waals surface area contributed by atoms with E-state index in [0.29, 0.717) is 16.7 Å². The van der Waals surface area contributed by atoms with Gasteiger partial charge in [0, 0.05) is 5.69 Å². The monoisotopic (exact) mass is 395 g/mol. The zero-order valence-corrected chi connectivity index (χ0v) is 16.4. The third-order valence-electron chi connectivity index (χ3n) is 3.74. The van der Waals surface area contributed by atoms with E-state index in [-0.39, 0.29) is 24.2 Å². The molecule has 0 unspecified atom stereocenters. The molecule has 0 aliphatic heterocycles. The van der Waals surface area contributed by atoms with Gasteiger partial charge in [-0.15, -0.1) is 10.2 Å². The van der Waals surface area contributed by atoms with Crippen molar-refractivity contribution in [1.82, 2.24) is 25.0 Å². The summed E-state index contributed by atoms with van der Waals surface area (Å²) in [5.41, 5.74) is 0.679. The molecule has 0 aliphatic carbocycles. The quantitative estimate of drug-likeness (QED) is 0.720. The first-order valence-corrected chi connectivity index (χ1v) is 9.29. The molecule has 8 nitrogen and oxygen atoms in total. The number of nitrogens with one attached hydrogen (secondary N) is 1. The minimum atomic E-state index is -0.787. The van der Waals surface area contributed by atoms with Crippen molar-refractivity contribution in [3.05, 3.63) is 35.9 Å². The van der Waals surface area contributed by atoms with Crippen LogP contribution in [0.1, 0.15) is 25.7 Å². The normalized spacial score (nSPS) is 12.1. The predicted octanol–water partition coefficient (Wildman–Crippen LogP) is 2.39. The van der Waals surface area contributed by atoms with Gasteiger partial charge in [-0.2, -0.15) is 0 Å². The molecule has 0 saturated heterocycles. The largest absolute Gasteiger partial charge is 0.450 e. The Labute approximate surface area is 161 Å². The molecule has 1 aromatic carbocycles. The van der Waals surface area contributed by atoms with Crippen LogP contribution in [-0.2, 0) is 9.53 Å². The molecule has 0 saturated carbocycles. The van der Waals surface area contributed by atoms with E-state index in [2.05, 4.69) is 20.3 Å². The van der Waals surface area contributed by atoms with Gasteiger partial charge in [0.2, 0.25) is 5.91 Å². The van der Waals surface area contributed by atoms with E-state index in [9.17, 15) is 14.0 Å². The zero-order chi connectivity index (χ0) is 20.0. The van der Waals surface area contributed by atoms with Crippen molar-refractivity contribution in [2.45, 2.75) is 25.0 Å². The van der Waals surface area contributed by atoms with Crippen molar-refractivity contribution in [2.75, 3.05) is 26.5 Å². The van der Waals surface area contributed by atoms with Gasteiger partial charge in [-0.05, 0) is 52.2 Å². The third-order valence-corrected chi connectivity index (χ3v) is 4.67. The summed E-state index contributed by atoms with van der Waals surface area (Å²) >= 11 is 1.12. The number of thioether (sulfide) groups is 1. The van der Waals surface area contributed by atoms with E-state index >= 15 is 0 Å². The average molecular weight is 395 g/mol. The Balaban J connectivity index is 2.24. The molecule has 27 heavy (non-hydrogen) atoms. The standard InChI is InChI=1S/C17H22FN5O3S/c1-5-26-17(25)19-14(24)10-27-16-21-20-15(11(2)22(3)4)23(16)13-8-6-12(18)7-9-13/h6-9,11H,5,10H2,1-4H3,(H,19,24,25)/t11-/m1/s1. The summed E-state index contributed by atoms with van der Waals surface area (Å²) in [5, 5.41) is 11.0. The number of benzene rings is 1. The number of hydrogen-bond acceptors (Lipinski definition) is 7.